The minimum Gasteiger partial charge on any atom is -0.493 e. The van der Waals surface area contributed by atoms with Gasteiger partial charge in [0.25, 0.3) is 5.76 Å². The molecule has 1 N–H and O–H groups in total. The van der Waals surface area contributed by atoms with Crippen molar-refractivity contribution in [1.29, 1.82) is 0 Å². The first-order valence-corrected chi connectivity index (χ1v) is 13.8. The summed E-state index contributed by atoms with van der Waals surface area (Å²) in [5.74, 6) is -2.67. The molecule has 0 aliphatic carbocycles. The molecule has 9 nitrogen and oxygen atoms in total. The van der Waals surface area contributed by atoms with Crippen molar-refractivity contribution in [2.45, 2.75) is 26.6 Å². The monoisotopic (exact) mass is 614 g/mol. The molecule has 1 aliphatic rings. The number of halogens is 3. The molecule has 3 aromatic carbocycles. The SMILES string of the molecule is COc1ccc(C(=O)Oc2ccc3c(=O)c(Oc4ccc(C)c(C)c4)c(C(F)(F)F)oc3c2C[NH+]2CCOCC2)cc1OC. The van der Waals surface area contributed by atoms with E-state index in [-0.39, 0.29) is 45.9 Å². The summed E-state index contributed by atoms with van der Waals surface area (Å²) in [7, 11) is 2.87. The molecule has 0 saturated carbocycles. The number of hydrogen-bond donors (Lipinski definition) is 1. The van der Waals surface area contributed by atoms with Crippen molar-refractivity contribution in [2.75, 3.05) is 40.5 Å². The predicted octanol–water partition coefficient (Wildman–Crippen LogP) is 4.87. The van der Waals surface area contributed by atoms with E-state index in [1.165, 1.54) is 50.6 Å². The number of quaternary nitrogens is 1. The van der Waals surface area contributed by atoms with Crippen LogP contribution in [0.15, 0.2) is 57.7 Å². The van der Waals surface area contributed by atoms with E-state index in [2.05, 4.69) is 0 Å². The average Bonchev–Trinajstić information content (AvgIpc) is 3.00. The second kappa shape index (κ2) is 12.6. The van der Waals surface area contributed by atoms with E-state index in [1.54, 1.807) is 19.1 Å². The van der Waals surface area contributed by atoms with E-state index in [9.17, 15) is 22.8 Å². The van der Waals surface area contributed by atoms with E-state index in [0.29, 0.717) is 32.1 Å². The van der Waals surface area contributed by atoms with Crippen LogP contribution in [0, 0.1) is 13.8 Å². The molecule has 2 heterocycles. The number of ether oxygens (including phenoxy) is 5. The number of benzene rings is 3. The van der Waals surface area contributed by atoms with Gasteiger partial charge in [-0.05, 0) is 67.4 Å². The fraction of sp³-hybridized carbons (Fsp3) is 0.312. The van der Waals surface area contributed by atoms with Gasteiger partial charge in [0.1, 0.15) is 31.1 Å². The van der Waals surface area contributed by atoms with Crippen molar-refractivity contribution in [2.24, 2.45) is 0 Å². The Morgan fingerprint density at radius 2 is 1.61 bits per heavy atom. The number of carbonyl (C=O) groups excluding carboxylic acids is 1. The summed E-state index contributed by atoms with van der Waals surface area (Å²) in [6, 6.07) is 11.8. The molecule has 232 valence electrons. The molecule has 1 fully saturated rings. The van der Waals surface area contributed by atoms with Crippen LogP contribution >= 0.6 is 0 Å². The molecule has 1 aromatic heterocycles. The third-order valence-electron chi connectivity index (χ3n) is 7.48. The third kappa shape index (κ3) is 6.36. The molecule has 0 spiro atoms. The Kier molecular flexibility index (Phi) is 8.84. The van der Waals surface area contributed by atoms with Crippen LogP contribution in [-0.2, 0) is 17.5 Å². The van der Waals surface area contributed by atoms with Crippen LogP contribution < -0.4 is 29.3 Å². The van der Waals surface area contributed by atoms with Gasteiger partial charge >= 0.3 is 12.1 Å². The standard InChI is InChI=1S/C32H30F3NO8/c1-18-5-7-21(15-19(18)2)42-29-27(37)22-8-10-24(43-31(38)20-6-9-25(39-3)26(16-20)40-4)23(17-36-11-13-41-14-12-36)28(22)44-30(29)32(33,34)35/h5-10,15-16H,11-14,17H2,1-4H3/p+1. The fourth-order valence-corrected chi connectivity index (χ4v) is 4.93. The zero-order chi connectivity index (χ0) is 31.6. The second-order valence-electron chi connectivity index (χ2n) is 10.4. The Morgan fingerprint density at radius 3 is 2.27 bits per heavy atom. The smallest absolute Gasteiger partial charge is 0.453 e. The van der Waals surface area contributed by atoms with Crippen molar-refractivity contribution < 1.29 is 51.0 Å². The number of rotatable bonds is 8. The van der Waals surface area contributed by atoms with E-state index in [4.69, 9.17) is 28.1 Å². The van der Waals surface area contributed by atoms with Crippen molar-refractivity contribution in [3.63, 3.8) is 0 Å². The van der Waals surface area contributed by atoms with E-state index in [0.717, 1.165) is 16.0 Å². The first-order valence-electron chi connectivity index (χ1n) is 13.8. The quantitative estimate of drug-likeness (QED) is 0.222. The molecule has 0 bridgehead atoms. The first-order chi connectivity index (χ1) is 21.0. The Balaban J connectivity index is 1.64. The number of fused-ring (bicyclic) bond motifs is 1. The zero-order valence-corrected chi connectivity index (χ0v) is 24.6. The van der Waals surface area contributed by atoms with Crippen molar-refractivity contribution in [3.8, 4) is 28.7 Å². The average molecular weight is 615 g/mol. The van der Waals surface area contributed by atoms with Crippen molar-refractivity contribution in [3.05, 3.63) is 86.8 Å². The fourth-order valence-electron chi connectivity index (χ4n) is 4.93. The number of carbonyl (C=O) groups is 1. The van der Waals surface area contributed by atoms with Gasteiger partial charge in [0, 0.05) is 0 Å². The largest absolute Gasteiger partial charge is 0.493 e. The summed E-state index contributed by atoms with van der Waals surface area (Å²) >= 11 is 0. The van der Waals surface area contributed by atoms with Crippen LogP contribution in [0.4, 0.5) is 13.2 Å². The summed E-state index contributed by atoms with van der Waals surface area (Å²) in [5, 5.41) is -0.148. The Hall–Kier alpha value is -4.55. The number of aryl methyl sites for hydroxylation is 2. The van der Waals surface area contributed by atoms with Crippen molar-refractivity contribution in [1.82, 2.24) is 0 Å². The van der Waals surface area contributed by atoms with E-state index < -0.39 is 29.1 Å². The van der Waals surface area contributed by atoms with Gasteiger partial charge in [-0.1, -0.05) is 6.07 Å². The number of alkyl halides is 3. The van der Waals surface area contributed by atoms with Gasteiger partial charge in [0.2, 0.25) is 11.2 Å². The molecule has 1 saturated heterocycles. The summed E-state index contributed by atoms with van der Waals surface area (Å²) in [6.07, 6.45) is -5.07. The minimum absolute atomic E-state index is 0.0459. The number of esters is 1. The van der Waals surface area contributed by atoms with Gasteiger partial charge in [-0.25, -0.2) is 4.79 Å². The van der Waals surface area contributed by atoms with Crippen molar-refractivity contribution >= 4 is 16.9 Å². The van der Waals surface area contributed by atoms with Crippen LogP contribution in [0.25, 0.3) is 11.0 Å². The molecule has 12 heteroatoms. The highest BCUT2D eigenvalue weighted by Crippen LogP contribution is 2.40. The minimum atomic E-state index is -5.07. The summed E-state index contributed by atoms with van der Waals surface area (Å²) in [6.45, 7) is 5.69. The third-order valence-corrected chi connectivity index (χ3v) is 7.48. The van der Waals surface area contributed by atoms with Crippen LogP contribution in [0.3, 0.4) is 0 Å². The van der Waals surface area contributed by atoms with Crippen LogP contribution in [0.1, 0.15) is 32.8 Å². The maximum absolute atomic E-state index is 14.4. The van der Waals surface area contributed by atoms with Gasteiger partial charge in [-0.15, -0.1) is 0 Å². The normalized spacial score (nSPS) is 14.0. The Bertz CT molecular complexity index is 1760. The number of hydrogen-bond acceptors (Lipinski definition) is 8. The van der Waals surface area contributed by atoms with Crippen LogP contribution in [0.2, 0.25) is 0 Å². The lowest BCUT2D eigenvalue weighted by molar-refractivity contribution is -0.921. The lowest BCUT2D eigenvalue weighted by atomic mass is 10.1. The highest BCUT2D eigenvalue weighted by Gasteiger charge is 2.41. The summed E-state index contributed by atoms with van der Waals surface area (Å²) < 4.78 is 75.9. The lowest BCUT2D eigenvalue weighted by Gasteiger charge is -2.25. The van der Waals surface area contributed by atoms with E-state index >= 15 is 0 Å². The molecule has 0 unspecified atom stereocenters. The molecule has 0 amide bonds. The molecule has 4 aromatic rings. The number of morpholine rings is 1. The summed E-state index contributed by atoms with van der Waals surface area (Å²) in [4.78, 5) is 27.8. The molecule has 44 heavy (non-hydrogen) atoms. The lowest BCUT2D eigenvalue weighted by Crippen LogP contribution is -3.12. The molecular formula is C32H31F3NO8+. The summed E-state index contributed by atoms with van der Waals surface area (Å²) in [5.41, 5.74) is 0.581. The van der Waals surface area contributed by atoms with Crippen LogP contribution in [0.5, 0.6) is 28.7 Å². The van der Waals surface area contributed by atoms with Gasteiger partial charge in [0.15, 0.2) is 17.1 Å². The number of methoxy groups -OCH3 is 2. The zero-order valence-electron chi connectivity index (χ0n) is 24.6. The second-order valence-corrected chi connectivity index (χ2v) is 10.4. The highest BCUT2D eigenvalue weighted by molar-refractivity contribution is 5.93. The van der Waals surface area contributed by atoms with Gasteiger partial charge < -0.3 is 33.0 Å². The molecule has 1 aliphatic heterocycles. The Morgan fingerprint density at radius 1 is 0.909 bits per heavy atom. The Labute approximate surface area is 250 Å². The molecule has 0 radical (unpaired) electrons. The van der Waals surface area contributed by atoms with Gasteiger partial charge in [-0.2, -0.15) is 13.2 Å². The van der Waals surface area contributed by atoms with Gasteiger partial charge in [0.05, 0.1) is 43.9 Å². The number of nitrogens with one attached hydrogen (secondary N) is 1. The van der Waals surface area contributed by atoms with Gasteiger partial charge in [-0.3, -0.25) is 4.79 Å². The highest BCUT2D eigenvalue weighted by atomic mass is 19.4. The maximum atomic E-state index is 14.4. The topological polar surface area (TPSA) is 97.9 Å². The van der Waals surface area contributed by atoms with E-state index in [1.807, 2.05) is 6.92 Å². The molecule has 0 atom stereocenters. The van der Waals surface area contributed by atoms with Crippen LogP contribution in [-0.4, -0.2) is 46.5 Å². The maximum Gasteiger partial charge on any atom is 0.453 e. The first kappa shape index (κ1) is 30.9. The molecular weight excluding hydrogens is 583 g/mol. The molecule has 5 rings (SSSR count). The predicted molar refractivity (Wildman–Crippen MR) is 153 cm³/mol.